The van der Waals surface area contributed by atoms with Crippen molar-refractivity contribution in [3.05, 3.63) is 68.5 Å². The fourth-order valence-electron chi connectivity index (χ4n) is 2.49. The van der Waals surface area contributed by atoms with Crippen LogP contribution in [0.25, 0.3) is 0 Å². The van der Waals surface area contributed by atoms with Gasteiger partial charge in [0.15, 0.2) is 12.3 Å². The molecular weight excluding hydrogens is 316 g/mol. The Balaban J connectivity index is 1.89. The number of aliphatic hydroxyl groups is 1. The van der Waals surface area contributed by atoms with Crippen LogP contribution in [0.4, 0.5) is 0 Å². The van der Waals surface area contributed by atoms with Crippen LogP contribution in [-0.2, 0) is 9.47 Å². The number of esters is 1. The summed E-state index contributed by atoms with van der Waals surface area (Å²) in [4.78, 5) is 37.8. The van der Waals surface area contributed by atoms with Gasteiger partial charge in [-0.3, -0.25) is 14.3 Å². The summed E-state index contributed by atoms with van der Waals surface area (Å²) >= 11 is 0. The number of nitrogens with one attached hydrogen (secondary N) is 1. The van der Waals surface area contributed by atoms with Gasteiger partial charge >= 0.3 is 11.7 Å². The van der Waals surface area contributed by atoms with E-state index < -0.39 is 35.7 Å². The number of rotatable bonds is 3. The molecule has 126 valence electrons. The van der Waals surface area contributed by atoms with Crippen molar-refractivity contribution < 1.29 is 19.4 Å². The maximum Gasteiger partial charge on any atom is 0.338 e. The molecule has 0 unspecified atom stereocenters. The Morgan fingerprint density at radius 2 is 2.04 bits per heavy atom. The molecule has 1 saturated heterocycles. The largest absolute Gasteiger partial charge is 0.451 e. The van der Waals surface area contributed by atoms with Gasteiger partial charge in [-0.2, -0.15) is 0 Å². The van der Waals surface area contributed by atoms with Crippen molar-refractivity contribution >= 4 is 5.97 Å². The van der Waals surface area contributed by atoms with E-state index in [4.69, 9.17) is 9.47 Å². The lowest BCUT2D eigenvalue weighted by molar-refractivity contribution is -0.0437. The fraction of sp³-hybridized carbons (Fsp3) is 0.312. The van der Waals surface area contributed by atoms with Gasteiger partial charge in [0.1, 0.15) is 6.10 Å². The third kappa shape index (κ3) is 3.01. The van der Waals surface area contributed by atoms with Crippen molar-refractivity contribution in [3.8, 4) is 0 Å². The van der Waals surface area contributed by atoms with Crippen LogP contribution >= 0.6 is 0 Å². The minimum Gasteiger partial charge on any atom is -0.451 e. The average molecular weight is 332 g/mol. The molecule has 0 radical (unpaired) electrons. The molecule has 0 bridgehead atoms. The van der Waals surface area contributed by atoms with Crippen molar-refractivity contribution in [1.29, 1.82) is 0 Å². The predicted octanol–water partition coefficient (Wildman–Crippen LogP) is -0.0397. The first-order valence-corrected chi connectivity index (χ1v) is 7.35. The monoisotopic (exact) mass is 332 g/mol. The Morgan fingerprint density at radius 1 is 1.33 bits per heavy atom. The van der Waals surface area contributed by atoms with E-state index in [2.05, 4.69) is 4.98 Å². The minimum atomic E-state index is -1.08. The summed E-state index contributed by atoms with van der Waals surface area (Å²) in [5, 5.41) is 10.0. The molecule has 2 heterocycles. The van der Waals surface area contributed by atoms with Gasteiger partial charge in [-0.25, -0.2) is 9.59 Å². The second kappa shape index (κ2) is 6.42. The first-order chi connectivity index (χ1) is 11.5. The summed E-state index contributed by atoms with van der Waals surface area (Å²) in [7, 11) is 0. The van der Waals surface area contributed by atoms with Crippen molar-refractivity contribution in [3.63, 3.8) is 0 Å². The molecule has 0 spiro atoms. The van der Waals surface area contributed by atoms with E-state index in [9.17, 15) is 19.5 Å². The molecule has 1 aliphatic heterocycles. The number of aromatic amines is 1. The SMILES string of the molecule is Cc1cn([C@@H]2OC[C@H](O)[C@H]2OC(=O)c2ccccc2)c(=O)[nH]c1=O. The molecule has 3 atom stereocenters. The highest BCUT2D eigenvalue weighted by atomic mass is 16.6. The molecule has 2 aromatic rings. The smallest absolute Gasteiger partial charge is 0.338 e. The van der Waals surface area contributed by atoms with E-state index in [1.54, 1.807) is 30.3 Å². The number of H-pyrrole nitrogens is 1. The number of carbonyl (C=O) groups is 1. The Labute approximate surface area is 136 Å². The lowest BCUT2D eigenvalue weighted by Gasteiger charge is -2.22. The Bertz CT molecular complexity index is 857. The fourth-order valence-corrected chi connectivity index (χ4v) is 2.49. The van der Waals surface area contributed by atoms with E-state index >= 15 is 0 Å². The number of nitrogens with zero attached hydrogens (tertiary/aromatic N) is 1. The maximum atomic E-state index is 12.2. The van der Waals surface area contributed by atoms with Crippen LogP contribution < -0.4 is 11.2 Å². The number of aromatic nitrogens is 2. The van der Waals surface area contributed by atoms with Gasteiger partial charge in [-0.05, 0) is 19.1 Å². The summed E-state index contributed by atoms with van der Waals surface area (Å²) in [5.74, 6) is -0.635. The molecule has 0 aliphatic carbocycles. The third-order valence-electron chi connectivity index (χ3n) is 3.77. The van der Waals surface area contributed by atoms with E-state index in [1.165, 1.54) is 13.1 Å². The molecular formula is C16H16N2O6. The van der Waals surface area contributed by atoms with Crippen molar-refractivity contribution in [2.45, 2.75) is 25.4 Å². The van der Waals surface area contributed by atoms with Gasteiger partial charge in [0.05, 0.1) is 12.2 Å². The average Bonchev–Trinajstić information content (AvgIpc) is 2.92. The summed E-state index contributed by atoms with van der Waals surface area (Å²) in [6.07, 6.45) is -1.86. The molecule has 0 saturated carbocycles. The summed E-state index contributed by atoms with van der Waals surface area (Å²) < 4.78 is 11.8. The Hall–Kier alpha value is -2.71. The molecule has 8 heteroatoms. The van der Waals surface area contributed by atoms with Gasteiger partial charge in [0.25, 0.3) is 5.56 Å². The number of hydrogen-bond acceptors (Lipinski definition) is 6. The Morgan fingerprint density at radius 3 is 2.75 bits per heavy atom. The van der Waals surface area contributed by atoms with E-state index in [-0.39, 0.29) is 6.61 Å². The van der Waals surface area contributed by atoms with Gasteiger partial charge in [-0.15, -0.1) is 0 Å². The van der Waals surface area contributed by atoms with Crippen LogP contribution in [-0.4, -0.2) is 39.4 Å². The van der Waals surface area contributed by atoms with E-state index in [0.29, 0.717) is 11.1 Å². The number of benzene rings is 1. The molecule has 1 aromatic heterocycles. The van der Waals surface area contributed by atoms with Gasteiger partial charge in [-0.1, -0.05) is 18.2 Å². The van der Waals surface area contributed by atoms with Crippen molar-refractivity contribution in [2.75, 3.05) is 6.61 Å². The molecule has 1 aromatic carbocycles. The first-order valence-electron chi connectivity index (χ1n) is 7.35. The van der Waals surface area contributed by atoms with E-state index in [1.807, 2.05) is 0 Å². The van der Waals surface area contributed by atoms with Crippen LogP contribution in [0.3, 0.4) is 0 Å². The van der Waals surface area contributed by atoms with Gasteiger partial charge in [0.2, 0.25) is 0 Å². The standard InChI is InChI=1S/C16H16N2O6/c1-9-7-18(16(22)17-13(9)20)14-12(11(19)8-23-14)24-15(21)10-5-3-2-4-6-10/h2-7,11-12,14,19H,8H2,1H3,(H,17,20,22)/t11-,12+,14+/m0/s1. The molecule has 24 heavy (non-hydrogen) atoms. The summed E-state index contributed by atoms with van der Waals surface area (Å²) in [6.45, 7) is 1.44. The topological polar surface area (TPSA) is 111 Å². The molecule has 0 amide bonds. The normalized spacial score (nSPS) is 23.2. The lowest BCUT2D eigenvalue weighted by Crippen LogP contribution is -2.40. The summed E-state index contributed by atoms with van der Waals surface area (Å²) in [6, 6.07) is 8.29. The number of carbonyl (C=O) groups excluding carboxylic acids is 1. The number of aliphatic hydroxyl groups excluding tert-OH is 1. The van der Waals surface area contributed by atoms with Crippen LogP contribution in [0.15, 0.2) is 46.1 Å². The number of aryl methyl sites for hydroxylation is 1. The van der Waals surface area contributed by atoms with Crippen LogP contribution in [0.2, 0.25) is 0 Å². The zero-order valence-electron chi connectivity index (χ0n) is 12.8. The quantitative estimate of drug-likeness (QED) is 0.763. The van der Waals surface area contributed by atoms with Crippen molar-refractivity contribution in [1.82, 2.24) is 9.55 Å². The zero-order chi connectivity index (χ0) is 17.3. The second-order valence-electron chi connectivity index (χ2n) is 5.51. The van der Waals surface area contributed by atoms with Crippen LogP contribution in [0.5, 0.6) is 0 Å². The first kappa shape index (κ1) is 16.2. The van der Waals surface area contributed by atoms with Gasteiger partial charge < -0.3 is 14.6 Å². The molecule has 2 N–H and O–H groups in total. The molecule has 1 aliphatic rings. The van der Waals surface area contributed by atoms with Crippen LogP contribution in [0.1, 0.15) is 22.1 Å². The van der Waals surface area contributed by atoms with Crippen LogP contribution in [0, 0.1) is 6.92 Å². The van der Waals surface area contributed by atoms with Gasteiger partial charge in [0, 0.05) is 11.8 Å². The number of hydrogen-bond donors (Lipinski definition) is 2. The van der Waals surface area contributed by atoms with E-state index in [0.717, 1.165) is 4.57 Å². The summed E-state index contributed by atoms with van der Waals surface area (Å²) in [5.41, 5.74) is -0.592. The molecule has 8 nitrogen and oxygen atoms in total. The Kier molecular flexibility index (Phi) is 4.32. The lowest BCUT2D eigenvalue weighted by atomic mass is 10.2. The molecule has 1 fully saturated rings. The number of ether oxygens (including phenoxy) is 2. The highest BCUT2D eigenvalue weighted by Crippen LogP contribution is 2.26. The van der Waals surface area contributed by atoms with Crippen molar-refractivity contribution in [2.24, 2.45) is 0 Å². The zero-order valence-corrected chi connectivity index (χ0v) is 12.8. The minimum absolute atomic E-state index is 0.0952. The third-order valence-corrected chi connectivity index (χ3v) is 3.77. The molecule has 3 rings (SSSR count). The predicted molar refractivity (Wildman–Crippen MR) is 82.7 cm³/mol. The maximum absolute atomic E-state index is 12.2. The highest BCUT2D eigenvalue weighted by molar-refractivity contribution is 5.89. The highest BCUT2D eigenvalue weighted by Gasteiger charge is 2.41. The second-order valence-corrected chi connectivity index (χ2v) is 5.51.